The molecule has 0 unspecified atom stereocenters. The third-order valence-corrected chi connectivity index (χ3v) is 3.16. The molecule has 0 spiro atoms. The van der Waals surface area contributed by atoms with Crippen molar-refractivity contribution in [2.24, 2.45) is 0 Å². The number of thioether (sulfide) groups is 1. The molecule has 0 aliphatic heterocycles. The van der Waals surface area contributed by atoms with Gasteiger partial charge in [0.05, 0.1) is 7.11 Å². The second-order valence-electron chi connectivity index (χ2n) is 3.93. The topological polar surface area (TPSA) is 43.4 Å². The standard InChI is InChI=1S/C13H13F3O3S/c1-19-12(18)4-2-3-11(17)9-5-7-10(8-6-9)20-13(14,15)16/h5-8H,2-4H2,1H3. The van der Waals surface area contributed by atoms with Gasteiger partial charge in [-0.3, -0.25) is 9.59 Å². The van der Waals surface area contributed by atoms with Crippen LogP contribution in [0.4, 0.5) is 13.2 Å². The Morgan fingerprint density at radius 2 is 1.75 bits per heavy atom. The number of Topliss-reactive ketones (excluding diaryl/α,β-unsaturated/α-hetero) is 1. The lowest BCUT2D eigenvalue weighted by Crippen LogP contribution is -2.04. The number of methoxy groups -OCH3 is 1. The number of ketones is 1. The lowest BCUT2D eigenvalue weighted by atomic mass is 10.1. The molecule has 0 aromatic heterocycles. The molecule has 0 N–H and O–H groups in total. The monoisotopic (exact) mass is 306 g/mol. The number of carbonyl (C=O) groups is 2. The summed E-state index contributed by atoms with van der Waals surface area (Å²) in [5, 5.41) is 0. The van der Waals surface area contributed by atoms with Crippen LogP contribution in [-0.4, -0.2) is 24.4 Å². The lowest BCUT2D eigenvalue weighted by molar-refractivity contribution is -0.140. The summed E-state index contributed by atoms with van der Waals surface area (Å²) in [6.45, 7) is 0. The fraction of sp³-hybridized carbons (Fsp3) is 0.385. The number of esters is 1. The Kier molecular flexibility index (Phi) is 6.06. The summed E-state index contributed by atoms with van der Waals surface area (Å²) in [5.41, 5.74) is -4.01. The van der Waals surface area contributed by atoms with Gasteiger partial charge in [0, 0.05) is 23.3 Å². The number of rotatable bonds is 6. The zero-order chi connectivity index (χ0) is 15.2. The molecule has 7 heteroatoms. The van der Waals surface area contributed by atoms with E-state index in [1.165, 1.54) is 31.4 Å². The number of ether oxygens (including phenoxy) is 1. The first-order chi connectivity index (χ1) is 9.31. The molecule has 0 amide bonds. The Balaban J connectivity index is 2.51. The van der Waals surface area contributed by atoms with Crippen molar-refractivity contribution >= 4 is 23.5 Å². The Morgan fingerprint density at radius 1 is 1.15 bits per heavy atom. The highest BCUT2D eigenvalue weighted by Crippen LogP contribution is 2.36. The van der Waals surface area contributed by atoms with E-state index in [9.17, 15) is 22.8 Å². The number of halogens is 3. The normalized spacial score (nSPS) is 11.2. The summed E-state index contributed by atoms with van der Waals surface area (Å²) in [4.78, 5) is 22.6. The number of alkyl halides is 3. The van der Waals surface area contributed by atoms with Gasteiger partial charge in [0.15, 0.2) is 5.78 Å². The highest BCUT2D eigenvalue weighted by molar-refractivity contribution is 8.00. The van der Waals surface area contributed by atoms with Crippen LogP contribution in [0.3, 0.4) is 0 Å². The zero-order valence-corrected chi connectivity index (χ0v) is 11.5. The molecule has 0 fully saturated rings. The van der Waals surface area contributed by atoms with Gasteiger partial charge in [0.1, 0.15) is 0 Å². The van der Waals surface area contributed by atoms with Crippen LogP contribution in [0.5, 0.6) is 0 Å². The Labute approximate surface area is 118 Å². The maximum atomic E-state index is 12.1. The second-order valence-corrected chi connectivity index (χ2v) is 5.06. The summed E-state index contributed by atoms with van der Waals surface area (Å²) >= 11 is -0.227. The van der Waals surface area contributed by atoms with Crippen molar-refractivity contribution in [3.05, 3.63) is 29.8 Å². The molecule has 3 nitrogen and oxygen atoms in total. The van der Waals surface area contributed by atoms with E-state index in [0.29, 0.717) is 12.0 Å². The van der Waals surface area contributed by atoms with E-state index in [-0.39, 0.29) is 35.3 Å². The largest absolute Gasteiger partial charge is 0.469 e. The summed E-state index contributed by atoms with van der Waals surface area (Å²) in [5.74, 6) is -0.604. The van der Waals surface area contributed by atoms with Gasteiger partial charge in [0.25, 0.3) is 0 Å². The molecule has 1 rings (SSSR count). The molecule has 1 aromatic rings. The van der Waals surface area contributed by atoms with Crippen LogP contribution in [0.15, 0.2) is 29.2 Å². The van der Waals surface area contributed by atoms with Crippen LogP contribution >= 0.6 is 11.8 Å². The van der Waals surface area contributed by atoms with E-state index in [1.807, 2.05) is 0 Å². The van der Waals surface area contributed by atoms with Crippen LogP contribution in [0, 0.1) is 0 Å². The molecule has 0 saturated carbocycles. The zero-order valence-electron chi connectivity index (χ0n) is 10.7. The fourth-order valence-corrected chi connectivity index (χ4v) is 2.02. The van der Waals surface area contributed by atoms with E-state index in [1.54, 1.807) is 0 Å². The van der Waals surface area contributed by atoms with Gasteiger partial charge in [-0.15, -0.1) is 0 Å². The smallest absolute Gasteiger partial charge is 0.446 e. The average Bonchev–Trinajstić information content (AvgIpc) is 2.37. The van der Waals surface area contributed by atoms with Crippen LogP contribution in [-0.2, 0) is 9.53 Å². The van der Waals surface area contributed by atoms with E-state index in [2.05, 4.69) is 4.74 Å². The van der Waals surface area contributed by atoms with Crippen LogP contribution in [0.25, 0.3) is 0 Å². The Hall–Kier alpha value is -1.50. The summed E-state index contributed by atoms with van der Waals surface area (Å²) in [6, 6.07) is 5.22. The SMILES string of the molecule is COC(=O)CCCC(=O)c1ccc(SC(F)(F)F)cc1. The molecule has 110 valence electrons. The van der Waals surface area contributed by atoms with Gasteiger partial charge in [-0.1, -0.05) is 12.1 Å². The number of benzene rings is 1. The van der Waals surface area contributed by atoms with Crippen molar-refractivity contribution in [2.75, 3.05) is 7.11 Å². The predicted molar refractivity (Wildman–Crippen MR) is 68.6 cm³/mol. The maximum Gasteiger partial charge on any atom is 0.446 e. The second kappa shape index (κ2) is 7.33. The minimum absolute atomic E-state index is 0.0311. The molecular formula is C13H13F3O3S. The molecule has 0 atom stereocenters. The van der Waals surface area contributed by atoms with Crippen molar-refractivity contribution < 1.29 is 27.5 Å². The van der Waals surface area contributed by atoms with E-state index < -0.39 is 11.5 Å². The number of carbonyl (C=O) groups excluding carboxylic acids is 2. The molecule has 0 aliphatic rings. The highest BCUT2D eigenvalue weighted by Gasteiger charge is 2.29. The van der Waals surface area contributed by atoms with Crippen molar-refractivity contribution in [3.8, 4) is 0 Å². The first kappa shape index (κ1) is 16.6. The quantitative estimate of drug-likeness (QED) is 0.455. The maximum absolute atomic E-state index is 12.1. The van der Waals surface area contributed by atoms with Crippen LogP contribution in [0.1, 0.15) is 29.6 Å². The van der Waals surface area contributed by atoms with E-state index >= 15 is 0 Å². The van der Waals surface area contributed by atoms with Crippen LogP contribution in [0.2, 0.25) is 0 Å². The van der Waals surface area contributed by atoms with Gasteiger partial charge in [-0.25, -0.2) is 0 Å². The van der Waals surface area contributed by atoms with Gasteiger partial charge in [-0.2, -0.15) is 13.2 Å². The van der Waals surface area contributed by atoms with Gasteiger partial charge < -0.3 is 4.74 Å². The molecule has 0 heterocycles. The minimum atomic E-state index is -4.34. The minimum Gasteiger partial charge on any atom is -0.469 e. The van der Waals surface area contributed by atoms with Gasteiger partial charge in [-0.05, 0) is 30.3 Å². The molecular weight excluding hydrogens is 293 g/mol. The molecule has 0 saturated heterocycles. The third-order valence-electron chi connectivity index (χ3n) is 2.42. The molecule has 0 bridgehead atoms. The van der Waals surface area contributed by atoms with E-state index in [0.717, 1.165) is 0 Å². The first-order valence-electron chi connectivity index (χ1n) is 5.77. The lowest BCUT2D eigenvalue weighted by Gasteiger charge is -2.06. The Morgan fingerprint density at radius 3 is 2.25 bits per heavy atom. The molecule has 20 heavy (non-hydrogen) atoms. The Bertz CT molecular complexity index is 469. The molecule has 0 radical (unpaired) electrons. The van der Waals surface area contributed by atoms with Crippen molar-refractivity contribution in [3.63, 3.8) is 0 Å². The molecule has 0 aliphatic carbocycles. The third kappa shape index (κ3) is 6.10. The van der Waals surface area contributed by atoms with Crippen molar-refractivity contribution in [1.82, 2.24) is 0 Å². The number of hydrogen-bond acceptors (Lipinski definition) is 4. The van der Waals surface area contributed by atoms with Crippen LogP contribution < -0.4 is 0 Å². The van der Waals surface area contributed by atoms with Crippen molar-refractivity contribution in [2.45, 2.75) is 29.7 Å². The predicted octanol–water partition coefficient (Wildman–Crippen LogP) is 3.82. The van der Waals surface area contributed by atoms with Gasteiger partial charge in [0.2, 0.25) is 0 Å². The van der Waals surface area contributed by atoms with E-state index in [4.69, 9.17) is 0 Å². The summed E-state index contributed by atoms with van der Waals surface area (Å²) in [6.07, 6.45) is 0.648. The molecule has 1 aromatic carbocycles. The fourth-order valence-electron chi connectivity index (χ4n) is 1.48. The number of hydrogen-bond donors (Lipinski definition) is 0. The summed E-state index contributed by atoms with van der Waals surface area (Å²) < 4.78 is 40.8. The average molecular weight is 306 g/mol. The summed E-state index contributed by atoms with van der Waals surface area (Å²) in [7, 11) is 1.27. The highest BCUT2D eigenvalue weighted by atomic mass is 32.2. The van der Waals surface area contributed by atoms with Gasteiger partial charge >= 0.3 is 11.5 Å². The first-order valence-corrected chi connectivity index (χ1v) is 6.59. The van der Waals surface area contributed by atoms with Crippen molar-refractivity contribution in [1.29, 1.82) is 0 Å².